The highest BCUT2D eigenvalue weighted by Gasteiger charge is 2.37. The minimum Gasteiger partial charge on any atom is -0.325 e. The van der Waals surface area contributed by atoms with E-state index >= 15 is 0 Å². The highest BCUT2D eigenvalue weighted by atomic mass is 32.2. The van der Waals surface area contributed by atoms with Crippen LogP contribution in [0.15, 0.2) is 30.3 Å². The van der Waals surface area contributed by atoms with Crippen molar-refractivity contribution in [2.45, 2.75) is 50.0 Å². The van der Waals surface area contributed by atoms with E-state index in [1.165, 1.54) is 18.2 Å². The van der Waals surface area contributed by atoms with Gasteiger partial charge in [0.25, 0.3) is 0 Å². The second-order valence-corrected chi connectivity index (χ2v) is 8.44. The maximum atomic E-state index is 11.3. The molecule has 0 saturated heterocycles. The fourth-order valence-electron chi connectivity index (χ4n) is 3.41. The molecule has 2 rings (SSSR count). The number of nitrogens with two attached hydrogens (primary N) is 1. The Bertz CT molecular complexity index is 527. The zero-order chi connectivity index (χ0) is 14.6. The van der Waals surface area contributed by atoms with Gasteiger partial charge >= 0.3 is 0 Å². The van der Waals surface area contributed by atoms with Crippen LogP contribution in [0.1, 0.15) is 50.0 Å². The second-order valence-electron chi connectivity index (χ2n) is 6.18. The topological polar surface area (TPSA) is 60.2 Å². The maximum Gasteiger partial charge on any atom is 0.147 e. The number of hydrogen-bond acceptors (Lipinski definition) is 3. The first kappa shape index (κ1) is 15.5. The first-order chi connectivity index (χ1) is 9.41. The lowest BCUT2D eigenvalue weighted by atomic mass is 9.68. The van der Waals surface area contributed by atoms with Crippen LogP contribution in [0, 0.1) is 0 Å². The van der Waals surface area contributed by atoms with Gasteiger partial charge in [-0.05, 0) is 31.2 Å². The van der Waals surface area contributed by atoms with Gasteiger partial charge in [-0.3, -0.25) is 0 Å². The van der Waals surface area contributed by atoms with Gasteiger partial charge < -0.3 is 5.73 Å². The number of sulfone groups is 1. The van der Waals surface area contributed by atoms with Crippen LogP contribution in [0.25, 0.3) is 0 Å². The third kappa shape index (κ3) is 4.06. The second kappa shape index (κ2) is 6.27. The van der Waals surface area contributed by atoms with Gasteiger partial charge in [-0.25, -0.2) is 8.42 Å². The van der Waals surface area contributed by atoms with Gasteiger partial charge in [0.05, 0.1) is 0 Å². The van der Waals surface area contributed by atoms with E-state index < -0.39 is 9.84 Å². The predicted molar refractivity (Wildman–Crippen MR) is 83.5 cm³/mol. The normalized spacial score (nSPS) is 27.4. The van der Waals surface area contributed by atoms with Gasteiger partial charge in [-0.15, -0.1) is 0 Å². The lowest BCUT2D eigenvalue weighted by Crippen LogP contribution is -2.48. The minimum absolute atomic E-state index is 0.244. The van der Waals surface area contributed by atoms with Gasteiger partial charge in [-0.1, -0.05) is 43.2 Å². The molecule has 1 aromatic carbocycles. The molecule has 1 saturated carbocycles. The van der Waals surface area contributed by atoms with Crippen LogP contribution in [0.5, 0.6) is 0 Å². The fraction of sp³-hybridized carbons (Fsp3) is 0.625. The monoisotopic (exact) mass is 295 g/mol. The molecule has 112 valence electrons. The number of hydrogen-bond donors (Lipinski definition) is 1. The Labute approximate surface area is 122 Å². The van der Waals surface area contributed by atoms with Gasteiger partial charge in [0.2, 0.25) is 0 Å². The van der Waals surface area contributed by atoms with Gasteiger partial charge in [0.1, 0.15) is 9.84 Å². The number of benzene rings is 1. The van der Waals surface area contributed by atoms with Gasteiger partial charge in [0, 0.05) is 23.5 Å². The Hall–Kier alpha value is -0.870. The third-order valence-corrected chi connectivity index (χ3v) is 5.47. The molecule has 2 N–H and O–H groups in total. The van der Waals surface area contributed by atoms with Crippen LogP contribution in [0.2, 0.25) is 0 Å². The fourth-order valence-corrected chi connectivity index (χ4v) is 4.08. The minimum atomic E-state index is -2.89. The molecule has 1 aromatic rings. The van der Waals surface area contributed by atoms with E-state index in [-0.39, 0.29) is 11.3 Å². The molecule has 0 aliphatic heterocycles. The smallest absolute Gasteiger partial charge is 0.147 e. The number of rotatable bonds is 5. The van der Waals surface area contributed by atoms with Crippen LogP contribution < -0.4 is 5.73 Å². The van der Waals surface area contributed by atoms with Crippen molar-refractivity contribution in [3.05, 3.63) is 35.9 Å². The van der Waals surface area contributed by atoms with Crippen LogP contribution >= 0.6 is 0 Å². The third-order valence-electron chi connectivity index (χ3n) is 4.44. The Morgan fingerprint density at radius 1 is 1.25 bits per heavy atom. The Balaban J connectivity index is 2.09. The van der Waals surface area contributed by atoms with Crippen molar-refractivity contribution in [2.24, 2.45) is 5.73 Å². The molecule has 0 radical (unpaired) electrons. The SMILES string of the molecule is CS(=O)(=O)CCCC1(N)CCCCC1c1ccccc1. The molecule has 0 spiro atoms. The summed E-state index contributed by atoms with van der Waals surface area (Å²) in [7, 11) is -2.89. The highest BCUT2D eigenvalue weighted by molar-refractivity contribution is 7.90. The van der Waals surface area contributed by atoms with Crippen molar-refractivity contribution in [2.75, 3.05) is 12.0 Å². The first-order valence-electron chi connectivity index (χ1n) is 7.42. The van der Waals surface area contributed by atoms with Crippen LogP contribution in [0.4, 0.5) is 0 Å². The van der Waals surface area contributed by atoms with Crippen molar-refractivity contribution in [1.82, 2.24) is 0 Å². The van der Waals surface area contributed by atoms with Crippen LogP contribution in [0.3, 0.4) is 0 Å². The molecule has 0 heterocycles. The van der Waals surface area contributed by atoms with Gasteiger partial charge in [-0.2, -0.15) is 0 Å². The van der Waals surface area contributed by atoms with E-state index in [1.807, 2.05) is 6.07 Å². The van der Waals surface area contributed by atoms with Crippen LogP contribution in [-0.4, -0.2) is 26.0 Å². The summed E-state index contributed by atoms with van der Waals surface area (Å²) in [5, 5.41) is 0. The lowest BCUT2D eigenvalue weighted by molar-refractivity contribution is 0.234. The summed E-state index contributed by atoms with van der Waals surface area (Å²) >= 11 is 0. The molecule has 4 heteroatoms. The summed E-state index contributed by atoms with van der Waals surface area (Å²) in [5.41, 5.74) is 7.72. The molecule has 1 aliphatic carbocycles. The summed E-state index contributed by atoms with van der Waals surface area (Å²) in [4.78, 5) is 0. The Kier molecular flexibility index (Phi) is 4.86. The molecule has 20 heavy (non-hydrogen) atoms. The summed E-state index contributed by atoms with van der Waals surface area (Å²) < 4.78 is 22.6. The molecule has 3 nitrogen and oxygen atoms in total. The molecule has 0 bridgehead atoms. The van der Waals surface area contributed by atoms with E-state index in [0.29, 0.717) is 12.3 Å². The first-order valence-corrected chi connectivity index (χ1v) is 9.48. The summed E-state index contributed by atoms with van der Waals surface area (Å²) in [6.07, 6.45) is 7.23. The maximum absolute atomic E-state index is 11.3. The van der Waals surface area contributed by atoms with Gasteiger partial charge in [0.15, 0.2) is 0 Å². The van der Waals surface area contributed by atoms with Crippen molar-refractivity contribution >= 4 is 9.84 Å². The predicted octanol–water partition coefficient (Wildman–Crippen LogP) is 2.87. The van der Waals surface area contributed by atoms with Crippen molar-refractivity contribution in [3.8, 4) is 0 Å². The zero-order valence-corrected chi connectivity index (χ0v) is 13.0. The average Bonchev–Trinajstić information content (AvgIpc) is 2.38. The molecular formula is C16H25NO2S. The van der Waals surface area contributed by atoms with Crippen molar-refractivity contribution < 1.29 is 8.42 Å². The largest absolute Gasteiger partial charge is 0.325 e. The van der Waals surface area contributed by atoms with E-state index in [0.717, 1.165) is 25.7 Å². The summed E-state index contributed by atoms with van der Waals surface area (Å²) in [6, 6.07) is 10.4. The molecule has 1 aliphatic rings. The van der Waals surface area contributed by atoms with Crippen molar-refractivity contribution in [3.63, 3.8) is 0 Å². The summed E-state index contributed by atoms with van der Waals surface area (Å²) in [5.74, 6) is 0.602. The average molecular weight is 295 g/mol. The molecule has 1 fully saturated rings. The van der Waals surface area contributed by atoms with Crippen LogP contribution in [-0.2, 0) is 9.84 Å². The van der Waals surface area contributed by atoms with E-state index in [2.05, 4.69) is 24.3 Å². The van der Waals surface area contributed by atoms with Crippen molar-refractivity contribution in [1.29, 1.82) is 0 Å². The lowest BCUT2D eigenvalue weighted by Gasteiger charge is -2.42. The van der Waals surface area contributed by atoms with E-state index in [9.17, 15) is 8.42 Å². The van der Waals surface area contributed by atoms with E-state index in [1.54, 1.807) is 0 Å². The quantitative estimate of drug-likeness (QED) is 0.908. The molecular weight excluding hydrogens is 270 g/mol. The highest BCUT2D eigenvalue weighted by Crippen LogP contribution is 2.41. The van der Waals surface area contributed by atoms with E-state index in [4.69, 9.17) is 5.73 Å². The summed E-state index contributed by atoms with van der Waals surface area (Å²) in [6.45, 7) is 0. The molecule has 2 unspecified atom stereocenters. The molecule has 0 amide bonds. The molecule has 0 aromatic heterocycles. The Morgan fingerprint density at radius 3 is 2.60 bits per heavy atom. The molecule has 2 atom stereocenters. The zero-order valence-electron chi connectivity index (χ0n) is 12.2. The Morgan fingerprint density at radius 2 is 1.95 bits per heavy atom. The standard InChI is InChI=1S/C16H25NO2S/c1-20(18,19)13-7-12-16(17)11-6-5-10-15(16)14-8-3-2-4-9-14/h2-4,8-9,15H,5-7,10-13,17H2,1H3.